The molecule has 6 nitrogen and oxygen atoms in total. The molecular formula is C22H41N5OS. The fourth-order valence-corrected chi connectivity index (χ4v) is 6.00. The lowest BCUT2D eigenvalue weighted by atomic mass is 9.80. The topological polar surface area (TPSA) is 60.0 Å². The van der Waals surface area contributed by atoms with Crippen molar-refractivity contribution in [2.24, 2.45) is 10.9 Å². The number of piperidine rings is 1. The highest BCUT2D eigenvalue weighted by molar-refractivity contribution is 7.99. The lowest BCUT2D eigenvalue weighted by Crippen LogP contribution is -2.60. The van der Waals surface area contributed by atoms with Crippen LogP contribution in [-0.2, 0) is 4.79 Å². The Bertz CT molecular complexity index is 547. The van der Waals surface area contributed by atoms with Gasteiger partial charge in [0, 0.05) is 68.8 Å². The van der Waals surface area contributed by atoms with E-state index in [0.29, 0.717) is 11.6 Å². The minimum Gasteiger partial charge on any atom is -0.355 e. The summed E-state index contributed by atoms with van der Waals surface area (Å²) in [6, 6.07) is 0.395. The van der Waals surface area contributed by atoms with Gasteiger partial charge in [0.2, 0.25) is 5.91 Å². The van der Waals surface area contributed by atoms with Gasteiger partial charge in [0.05, 0.1) is 0 Å². The van der Waals surface area contributed by atoms with E-state index in [1.807, 2.05) is 25.8 Å². The molecule has 3 rings (SSSR count). The second-order valence-corrected chi connectivity index (χ2v) is 10.4. The van der Waals surface area contributed by atoms with Gasteiger partial charge in [0.15, 0.2) is 5.96 Å². The van der Waals surface area contributed by atoms with Crippen LogP contribution >= 0.6 is 11.8 Å². The SMILES string of the molecule is CN=C(NCC1(N2CCSCC2)CCCCC1)NC1CCN(C(=O)C(C)C)CC1. The summed E-state index contributed by atoms with van der Waals surface area (Å²) in [5.41, 5.74) is 0.296. The Kier molecular flexibility index (Phi) is 8.54. The number of aliphatic imine (C=N–C) groups is 1. The summed E-state index contributed by atoms with van der Waals surface area (Å²) in [5.74, 6) is 3.83. The minimum atomic E-state index is 0.0915. The lowest BCUT2D eigenvalue weighted by molar-refractivity contribution is -0.135. The van der Waals surface area contributed by atoms with E-state index in [9.17, 15) is 4.79 Å². The highest BCUT2D eigenvalue weighted by Crippen LogP contribution is 2.34. The molecule has 1 aliphatic carbocycles. The number of carbonyl (C=O) groups excluding carboxylic acids is 1. The fraction of sp³-hybridized carbons (Fsp3) is 0.909. The van der Waals surface area contributed by atoms with Crippen molar-refractivity contribution in [3.05, 3.63) is 0 Å². The van der Waals surface area contributed by atoms with E-state index in [4.69, 9.17) is 0 Å². The molecule has 0 aromatic heterocycles. The molecule has 0 unspecified atom stereocenters. The largest absolute Gasteiger partial charge is 0.355 e. The zero-order valence-corrected chi connectivity index (χ0v) is 19.5. The first-order chi connectivity index (χ1) is 14.0. The van der Waals surface area contributed by atoms with E-state index < -0.39 is 0 Å². The van der Waals surface area contributed by atoms with Crippen LogP contribution in [0.4, 0.5) is 0 Å². The lowest BCUT2D eigenvalue weighted by Gasteiger charge is -2.48. The minimum absolute atomic E-state index is 0.0915. The molecule has 0 aromatic rings. The molecule has 0 spiro atoms. The van der Waals surface area contributed by atoms with Crippen LogP contribution < -0.4 is 10.6 Å². The number of hydrogen-bond acceptors (Lipinski definition) is 4. The molecule has 1 amide bonds. The number of rotatable bonds is 5. The quantitative estimate of drug-likeness (QED) is 0.526. The summed E-state index contributed by atoms with van der Waals surface area (Å²) in [6.07, 6.45) is 8.67. The average molecular weight is 424 g/mol. The average Bonchev–Trinajstić information content (AvgIpc) is 2.77. The van der Waals surface area contributed by atoms with Gasteiger partial charge in [-0.2, -0.15) is 11.8 Å². The molecule has 3 aliphatic rings. The van der Waals surface area contributed by atoms with Crippen LogP contribution in [-0.4, -0.2) is 84.5 Å². The van der Waals surface area contributed by atoms with Crippen molar-refractivity contribution in [1.29, 1.82) is 0 Å². The number of likely N-dealkylation sites (tertiary alicyclic amines) is 1. The first-order valence-corrected chi connectivity index (χ1v) is 12.8. The molecule has 0 bridgehead atoms. The fourth-order valence-electron chi connectivity index (χ4n) is 5.10. The van der Waals surface area contributed by atoms with Crippen LogP contribution in [0, 0.1) is 5.92 Å². The van der Waals surface area contributed by atoms with Crippen LogP contribution in [0.2, 0.25) is 0 Å². The van der Waals surface area contributed by atoms with E-state index in [2.05, 4.69) is 32.3 Å². The predicted octanol–water partition coefficient (Wildman–Crippen LogP) is 2.55. The van der Waals surface area contributed by atoms with Crippen LogP contribution in [0.3, 0.4) is 0 Å². The predicted molar refractivity (Wildman–Crippen MR) is 124 cm³/mol. The van der Waals surface area contributed by atoms with Crippen LogP contribution in [0.1, 0.15) is 58.8 Å². The number of nitrogens with one attached hydrogen (secondary N) is 2. The maximum atomic E-state index is 12.2. The highest BCUT2D eigenvalue weighted by Gasteiger charge is 2.38. The zero-order valence-electron chi connectivity index (χ0n) is 18.7. The number of thioether (sulfide) groups is 1. The van der Waals surface area contributed by atoms with E-state index in [0.717, 1.165) is 38.4 Å². The third-order valence-corrected chi connectivity index (χ3v) is 7.86. The summed E-state index contributed by atoms with van der Waals surface area (Å²) in [4.78, 5) is 21.5. The molecule has 2 N–H and O–H groups in total. The Hall–Kier alpha value is -0.950. The molecule has 3 fully saturated rings. The van der Waals surface area contributed by atoms with Crippen LogP contribution in [0.25, 0.3) is 0 Å². The standard InChI is InChI=1S/C22H41N5OS/c1-18(2)20(28)26-11-7-19(8-12-26)25-21(23-3)24-17-22(9-5-4-6-10-22)27-13-15-29-16-14-27/h18-19H,4-17H2,1-3H3,(H2,23,24,25). The summed E-state index contributed by atoms with van der Waals surface area (Å²) in [6.45, 7) is 9.10. The van der Waals surface area contributed by atoms with Gasteiger partial charge in [0.1, 0.15) is 0 Å². The molecule has 1 saturated carbocycles. The molecule has 0 atom stereocenters. The van der Waals surface area contributed by atoms with Gasteiger partial charge in [-0.05, 0) is 25.7 Å². The van der Waals surface area contributed by atoms with Crippen LogP contribution in [0.15, 0.2) is 4.99 Å². The van der Waals surface area contributed by atoms with E-state index in [1.54, 1.807) is 0 Å². The third kappa shape index (κ3) is 6.03. The van der Waals surface area contributed by atoms with Gasteiger partial charge >= 0.3 is 0 Å². The van der Waals surface area contributed by atoms with E-state index >= 15 is 0 Å². The summed E-state index contributed by atoms with van der Waals surface area (Å²) >= 11 is 2.09. The number of carbonyl (C=O) groups is 1. The van der Waals surface area contributed by atoms with Gasteiger partial charge < -0.3 is 15.5 Å². The van der Waals surface area contributed by atoms with Crippen molar-refractivity contribution in [2.75, 3.05) is 51.3 Å². The summed E-state index contributed by atoms with van der Waals surface area (Å²) in [7, 11) is 1.87. The van der Waals surface area contributed by atoms with Gasteiger partial charge in [-0.1, -0.05) is 33.1 Å². The Balaban J connectivity index is 1.51. The monoisotopic (exact) mass is 423 g/mol. The van der Waals surface area contributed by atoms with Crippen molar-refractivity contribution in [3.63, 3.8) is 0 Å². The number of amides is 1. The summed E-state index contributed by atoms with van der Waals surface area (Å²) in [5, 5.41) is 7.32. The van der Waals surface area contributed by atoms with Gasteiger partial charge in [-0.15, -0.1) is 0 Å². The maximum absolute atomic E-state index is 12.2. The Morgan fingerprint density at radius 3 is 2.34 bits per heavy atom. The third-order valence-electron chi connectivity index (χ3n) is 6.92. The molecule has 2 heterocycles. The molecule has 7 heteroatoms. The molecule has 2 aliphatic heterocycles. The van der Waals surface area contributed by atoms with Crippen molar-refractivity contribution in [3.8, 4) is 0 Å². The second kappa shape index (κ2) is 10.9. The van der Waals surface area contributed by atoms with E-state index in [-0.39, 0.29) is 11.8 Å². The Labute approximate surface area is 181 Å². The normalized spacial score (nSPS) is 24.6. The highest BCUT2D eigenvalue weighted by atomic mass is 32.2. The van der Waals surface area contributed by atoms with E-state index in [1.165, 1.54) is 56.7 Å². The van der Waals surface area contributed by atoms with Gasteiger partial charge in [-0.3, -0.25) is 14.7 Å². The zero-order chi connectivity index (χ0) is 20.7. The first kappa shape index (κ1) is 22.7. The van der Waals surface area contributed by atoms with Gasteiger partial charge in [-0.25, -0.2) is 0 Å². The number of hydrogen-bond donors (Lipinski definition) is 2. The molecule has 166 valence electrons. The molecular weight excluding hydrogens is 382 g/mol. The van der Waals surface area contributed by atoms with Crippen molar-refractivity contribution < 1.29 is 4.79 Å². The second-order valence-electron chi connectivity index (χ2n) is 9.21. The molecule has 0 aromatic carbocycles. The van der Waals surface area contributed by atoms with Crippen molar-refractivity contribution in [2.45, 2.75) is 70.4 Å². The molecule has 0 radical (unpaired) electrons. The maximum Gasteiger partial charge on any atom is 0.225 e. The first-order valence-electron chi connectivity index (χ1n) is 11.6. The Morgan fingerprint density at radius 1 is 1.10 bits per heavy atom. The van der Waals surface area contributed by atoms with Crippen LogP contribution in [0.5, 0.6) is 0 Å². The van der Waals surface area contributed by atoms with Crippen molar-refractivity contribution >= 4 is 23.6 Å². The molecule has 2 saturated heterocycles. The van der Waals surface area contributed by atoms with Crippen molar-refractivity contribution in [1.82, 2.24) is 20.4 Å². The molecule has 29 heavy (non-hydrogen) atoms. The van der Waals surface area contributed by atoms with Gasteiger partial charge in [0.25, 0.3) is 0 Å². The number of guanidine groups is 1. The Morgan fingerprint density at radius 2 is 1.76 bits per heavy atom. The summed E-state index contributed by atoms with van der Waals surface area (Å²) < 4.78 is 0. The smallest absolute Gasteiger partial charge is 0.225 e. The number of nitrogens with zero attached hydrogens (tertiary/aromatic N) is 3.